The average molecular weight is 269 g/mol. The standard InChI is InChI=1S/C16H19N3O/c1-13(2)19-11-9-15(18-19)12-20-16-8-4-3-6-14(16)7-5-10-17/h3-4,6,8-9,11,13H,10,12,17H2,1-2H3. The van der Waals surface area contributed by atoms with Gasteiger partial charge < -0.3 is 10.5 Å². The van der Waals surface area contributed by atoms with Gasteiger partial charge in [0, 0.05) is 12.2 Å². The van der Waals surface area contributed by atoms with Crippen LogP contribution in [0.3, 0.4) is 0 Å². The van der Waals surface area contributed by atoms with E-state index >= 15 is 0 Å². The molecule has 0 bridgehead atoms. The van der Waals surface area contributed by atoms with E-state index in [1.54, 1.807) is 0 Å². The normalized spacial score (nSPS) is 10.2. The molecule has 104 valence electrons. The predicted molar refractivity (Wildman–Crippen MR) is 79.3 cm³/mol. The molecule has 1 aromatic heterocycles. The average Bonchev–Trinajstić information content (AvgIpc) is 2.93. The first-order chi connectivity index (χ1) is 9.70. The van der Waals surface area contributed by atoms with Crippen molar-refractivity contribution in [3.63, 3.8) is 0 Å². The number of benzene rings is 1. The van der Waals surface area contributed by atoms with Gasteiger partial charge in [0.15, 0.2) is 0 Å². The highest BCUT2D eigenvalue weighted by Gasteiger charge is 2.04. The molecule has 20 heavy (non-hydrogen) atoms. The lowest BCUT2D eigenvalue weighted by molar-refractivity contribution is 0.298. The molecule has 2 rings (SSSR count). The van der Waals surface area contributed by atoms with Crippen molar-refractivity contribution in [3.8, 4) is 17.6 Å². The lowest BCUT2D eigenvalue weighted by atomic mass is 10.2. The molecule has 1 aromatic carbocycles. The number of aromatic nitrogens is 2. The third kappa shape index (κ3) is 3.62. The number of nitrogens with zero attached hydrogens (tertiary/aromatic N) is 2. The fourth-order valence-corrected chi connectivity index (χ4v) is 1.74. The maximum absolute atomic E-state index is 5.79. The third-order valence-corrected chi connectivity index (χ3v) is 2.78. The molecule has 0 saturated carbocycles. The second kappa shape index (κ2) is 6.78. The van der Waals surface area contributed by atoms with Crippen LogP contribution in [0.5, 0.6) is 5.75 Å². The Hall–Kier alpha value is -2.25. The summed E-state index contributed by atoms with van der Waals surface area (Å²) in [5, 5.41) is 4.45. The molecule has 0 saturated heterocycles. The Kier molecular flexibility index (Phi) is 4.80. The number of nitrogens with two attached hydrogens (primary N) is 1. The molecule has 0 atom stereocenters. The quantitative estimate of drug-likeness (QED) is 0.867. The summed E-state index contributed by atoms with van der Waals surface area (Å²) in [5.74, 6) is 6.60. The van der Waals surface area contributed by atoms with Crippen molar-refractivity contribution in [2.24, 2.45) is 5.73 Å². The number of hydrogen-bond donors (Lipinski definition) is 1. The van der Waals surface area contributed by atoms with Crippen LogP contribution in [-0.4, -0.2) is 16.3 Å². The molecular formula is C16H19N3O. The monoisotopic (exact) mass is 269 g/mol. The highest BCUT2D eigenvalue weighted by Crippen LogP contribution is 2.18. The first-order valence-corrected chi connectivity index (χ1v) is 6.65. The Labute approximate surface area is 119 Å². The second-order valence-electron chi connectivity index (χ2n) is 4.67. The molecule has 0 aliphatic carbocycles. The van der Waals surface area contributed by atoms with Gasteiger partial charge in [0.05, 0.1) is 17.8 Å². The molecule has 4 heteroatoms. The molecule has 0 spiro atoms. The fraction of sp³-hybridized carbons (Fsp3) is 0.312. The van der Waals surface area contributed by atoms with Gasteiger partial charge in [-0.15, -0.1) is 0 Å². The molecule has 2 N–H and O–H groups in total. The summed E-state index contributed by atoms with van der Waals surface area (Å²) in [4.78, 5) is 0. The van der Waals surface area contributed by atoms with Crippen molar-refractivity contribution in [3.05, 3.63) is 47.8 Å². The molecule has 0 unspecified atom stereocenters. The first kappa shape index (κ1) is 14.2. The van der Waals surface area contributed by atoms with E-state index in [1.807, 2.05) is 41.2 Å². The van der Waals surface area contributed by atoms with Gasteiger partial charge in [-0.2, -0.15) is 5.10 Å². The summed E-state index contributed by atoms with van der Waals surface area (Å²) in [7, 11) is 0. The van der Waals surface area contributed by atoms with Crippen LogP contribution in [0.4, 0.5) is 0 Å². The number of ether oxygens (including phenoxy) is 1. The maximum Gasteiger partial charge on any atom is 0.135 e. The van der Waals surface area contributed by atoms with Crippen LogP contribution in [0.15, 0.2) is 36.5 Å². The summed E-state index contributed by atoms with van der Waals surface area (Å²) in [6.07, 6.45) is 1.96. The van der Waals surface area contributed by atoms with Gasteiger partial charge in [-0.1, -0.05) is 24.0 Å². The van der Waals surface area contributed by atoms with Crippen molar-refractivity contribution in [1.29, 1.82) is 0 Å². The minimum atomic E-state index is 0.340. The van der Waals surface area contributed by atoms with Crippen molar-refractivity contribution in [2.75, 3.05) is 6.54 Å². The minimum absolute atomic E-state index is 0.340. The zero-order valence-corrected chi connectivity index (χ0v) is 11.8. The van der Waals surface area contributed by atoms with Crippen LogP contribution >= 0.6 is 0 Å². The van der Waals surface area contributed by atoms with Crippen LogP contribution in [-0.2, 0) is 6.61 Å². The first-order valence-electron chi connectivity index (χ1n) is 6.65. The van der Waals surface area contributed by atoms with Crippen molar-refractivity contribution >= 4 is 0 Å². The molecular weight excluding hydrogens is 250 g/mol. The Morgan fingerprint density at radius 1 is 1.30 bits per heavy atom. The minimum Gasteiger partial charge on any atom is -0.486 e. The van der Waals surface area contributed by atoms with Gasteiger partial charge in [-0.25, -0.2) is 0 Å². The van der Waals surface area contributed by atoms with Gasteiger partial charge >= 0.3 is 0 Å². The fourth-order valence-electron chi connectivity index (χ4n) is 1.74. The lowest BCUT2D eigenvalue weighted by Crippen LogP contribution is -2.03. The number of hydrogen-bond acceptors (Lipinski definition) is 3. The van der Waals surface area contributed by atoms with Crippen LogP contribution in [0.2, 0.25) is 0 Å². The SMILES string of the molecule is CC(C)n1ccc(COc2ccccc2C#CCN)n1. The molecule has 0 fully saturated rings. The maximum atomic E-state index is 5.79. The molecule has 1 heterocycles. The molecule has 0 radical (unpaired) electrons. The summed E-state index contributed by atoms with van der Waals surface area (Å²) >= 11 is 0. The largest absolute Gasteiger partial charge is 0.486 e. The van der Waals surface area contributed by atoms with E-state index in [-0.39, 0.29) is 0 Å². The highest BCUT2D eigenvalue weighted by molar-refractivity contribution is 5.46. The molecule has 0 aliphatic rings. The Morgan fingerprint density at radius 2 is 2.10 bits per heavy atom. The molecule has 4 nitrogen and oxygen atoms in total. The van der Waals surface area contributed by atoms with Crippen LogP contribution in [0.25, 0.3) is 0 Å². The lowest BCUT2D eigenvalue weighted by Gasteiger charge is -2.07. The summed E-state index contributed by atoms with van der Waals surface area (Å²) in [6, 6.07) is 10.0. The van der Waals surface area contributed by atoms with Gasteiger partial charge in [0.1, 0.15) is 12.4 Å². The molecule has 2 aromatic rings. The summed E-state index contributed by atoms with van der Waals surface area (Å²) in [6.45, 7) is 4.96. The summed E-state index contributed by atoms with van der Waals surface area (Å²) < 4.78 is 7.71. The Balaban J connectivity index is 2.06. The zero-order valence-electron chi connectivity index (χ0n) is 11.8. The molecule has 0 amide bonds. The van der Waals surface area contributed by atoms with E-state index in [0.29, 0.717) is 19.2 Å². The third-order valence-electron chi connectivity index (χ3n) is 2.78. The Bertz CT molecular complexity index is 620. The zero-order chi connectivity index (χ0) is 14.4. The van der Waals surface area contributed by atoms with E-state index in [2.05, 4.69) is 30.8 Å². The van der Waals surface area contributed by atoms with Gasteiger partial charge in [-0.05, 0) is 32.0 Å². The number of para-hydroxylation sites is 1. The summed E-state index contributed by atoms with van der Waals surface area (Å²) in [5.41, 5.74) is 7.15. The van der Waals surface area contributed by atoms with Crippen molar-refractivity contribution < 1.29 is 4.74 Å². The van der Waals surface area contributed by atoms with E-state index in [0.717, 1.165) is 17.0 Å². The Morgan fingerprint density at radius 3 is 2.80 bits per heavy atom. The van der Waals surface area contributed by atoms with Gasteiger partial charge in [-0.3, -0.25) is 4.68 Å². The van der Waals surface area contributed by atoms with E-state index in [9.17, 15) is 0 Å². The predicted octanol–water partition coefficient (Wildman–Crippen LogP) is 2.35. The van der Waals surface area contributed by atoms with Crippen molar-refractivity contribution in [2.45, 2.75) is 26.5 Å². The highest BCUT2D eigenvalue weighted by atomic mass is 16.5. The van der Waals surface area contributed by atoms with Gasteiger partial charge in [0.25, 0.3) is 0 Å². The van der Waals surface area contributed by atoms with Crippen LogP contribution < -0.4 is 10.5 Å². The van der Waals surface area contributed by atoms with E-state index < -0.39 is 0 Å². The van der Waals surface area contributed by atoms with Crippen LogP contribution in [0, 0.1) is 11.8 Å². The van der Waals surface area contributed by atoms with Crippen molar-refractivity contribution in [1.82, 2.24) is 9.78 Å². The smallest absolute Gasteiger partial charge is 0.135 e. The number of rotatable bonds is 4. The topological polar surface area (TPSA) is 53.1 Å². The van der Waals surface area contributed by atoms with E-state index in [4.69, 9.17) is 10.5 Å². The molecule has 0 aliphatic heterocycles. The van der Waals surface area contributed by atoms with Gasteiger partial charge in [0.2, 0.25) is 0 Å². The second-order valence-corrected chi connectivity index (χ2v) is 4.67. The van der Waals surface area contributed by atoms with E-state index in [1.165, 1.54) is 0 Å². The van der Waals surface area contributed by atoms with Crippen LogP contribution in [0.1, 0.15) is 31.1 Å².